The minimum Gasteiger partial charge on any atom is -0.330 e. The van der Waals surface area contributed by atoms with Crippen molar-refractivity contribution in [2.24, 2.45) is 0 Å². The molecule has 1 saturated heterocycles. The first-order valence-corrected chi connectivity index (χ1v) is 8.84. The number of hydroxylamine groups is 2. The van der Waals surface area contributed by atoms with Crippen molar-refractivity contribution in [2.75, 3.05) is 6.54 Å². The molecule has 0 aliphatic carbocycles. The molecule has 1 fully saturated rings. The molecule has 2 amide bonds. The third-order valence-corrected chi connectivity index (χ3v) is 4.19. The average Bonchev–Trinajstić information content (AvgIpc) is 3.00. The zero-order valence-electron chi connectivity index (χ0n) is 14.9. The summed E-state index contributed by atoms with van der Waals surface area (Å²) in [6.07, 6.45) is 1.98. The predicted molar refractivity (Wildman–Crippen MR) is 96.6 cm³/mol. The lowest BCUT2D eigenvalue weighted by atomic mass is 10.2. The first kappa shape index (κ1) is 18.7. The van der Waals surface area contributed by atoms with Crippen molar-refractivity contribution >= 4 is 17.8 Å². The summed E-state index contributed by atoms with van der Waals surface area (Å²) in [5, 5.41) is 0.586. The lowest BCUT2D eigenvalue weighted by Gasteiger charge is -2.22. The zero-order chi connectivity index (χ0) is 19.1. The van der Waals surface area contributed by atoms with Gasteiger partial charge in [-0.05, 0) is 17.7 Å². The van der Waals surface area contributed by atoms with Crippen molar-refractivity contribution in [1.29, 1.82) is 0 Å². The highest BCUT2D eigenvalue weighted by Gasteiger charge is 2.32. The van der Waals surface area contributed by atoms with Gasteiger partial charge in [0.15, 0.2) is 0 Å². The zero-order valence-corrected chi connectivity index (χ0v) is 14.9. The van der Waals surface area contributed by atoms with Crippen LogP contribution in [-0.4, -0.2) is 39.3 Å². The first-order valence-electron chi connectivity index (χ1n) is 8.84. The van der Waals surface area contributed by atoms with Gasteiger partial charge in [0.25, 0.3) is 11.8 Å². The SMILES string of the molecule is O=C(CCN(Cc1ccccc1)Cc1ccccn1)ON1C(=O)CCC1=O. The van der Waals surface area contributed by atoms with Gasteiger partial charge in [0, 0.05) is 38.7 Å². The summed E-state index contributed by atoms with van der Waals surface area (Å²) in [6, 6.07) is 15.6. The molecule has 2 heterocycles. The summed E-state index contributed by atoms with van der Waals surface area (Å²) in [5.41, 5.74) is 2.01. The molecule has 140 valence electrons. The second-order valence-corrected chi connectivity index (χ2v) is 6.31. The van der Waals surface area contributed by atoms with Crippen LogP contribution in [0.2, 0.25) is 0 Å². The third kappa shape index (κ3) is 5.46. The minimum absolute atomic E-state index is 0.0662. The second kappa shape index (κ2) is 9.05. The van der Waals surface area contributed by atoms with Crippen LogP contribution >= 0.6 is 0 Å². The molecule has 0 unspecified atom stereocenters. The lowest BCUT2D eigenvalue weighted by Crippen LogP contribution is -2.33. The summed E-state index contributed by atoms with van der Waals surface area (Å²) in [6.45, 7) is 1.64. The van der Waals surface area contributed by atoms with E-state index in [2.05, 4.69) is 9.88 Å². The number of hydrogen-bond donors (Lipinski definition) is 0. The maximum Gasteiger partial charge on any atom is 0.334 e. The predicted octanol–water partition coefficient (Wildman–Crippen LogP) is 2.08. The molecule has 1 aromatic carbocycles. The number of amides is 2. The van der Waals surface area contributed by atoms with Crippen molar-refractivity contribution in [1.82, 2.24) is 14.9 Å². The number of carbonyl (C=O) groups excluding carboxylic acids is 3. The number of aromatic nitrogens is 1. The Morgan fingerprint density at radius 2 is 1.70 bits per heavy atom. The maximum absolute atomic E-state index is 12.1. The Morgan fingerprint density at radius 3 is 2.37 bits per heavy atom. The summed E-state index contributed by atoms with van der Waals surface area (Å²) in [5.74, 6) is -1.54. The number of imide groups is 1. The highest BCUT2D eigenvalue weighted by atomic mass is 16.7. The van der Waals surface area contributed by atoms with Gasteiger partial charge in [-0.25, -0.2) is 4.79 Å². The van der Waals surface area contributed by atoms with Gasteiger partial charge in [0.2, 0.25) is 0 Å². The fraction of sp³-hybridized carbons (Fsp3) is 0.300. The van der Waals surface area contributed by atoms with Crippen LogP contribution < -0.4 is 0 Å². The van der Waals surface area contributed by atoms with Crippen molar-refractivity contribution in [2.45, 2.75) is 32.4 Å². The van der Waals surface area contributed by atoms with Crippen molar-refractivity contribution in [3.63, 3.8) is 0 Å². The molecule has 0 radical (unpaired) electrons. The molecule has 0 spiro atoms. The number of pyridine rings is 1. The molecule has 27 heavy (non-hydrogen) atoms. The van der Waals surface area contributed by atoms with Gasteiger partial charge in [-0.1, -0.05) is 36.4 Å². The molecule has 7 heteroatoms. The Morgan fingerprint density at radius 1 is 1.00 bits per heavy atom. The number of carbonyl (C=O) groups is 3. The molecule has 0 N–H and O–H groups in total. The van der Waals surface area contributed by atoms with Crippen molar-refractivity contribution in [3.05, 3.63) is 66.0 Å². The van der Waals surface area contributed by atoms with Gasteiger partial charge in [-0.15, -0.1) is 5.06 Å². The van der Waals surface area contributed by atoms with Crippen molar-refractivity contribution < 1.29 is 19.2 Å². The van der Waals surface area contributed by atoms with Crippen LogP contribution in [0, 0.1) is 0 Å². The van der Waals surface area contributed by atoms with E-state index in [-0.39, 0.29) is 19.3 Å². The van der Waals surface area contributed by atoms with Gasteiger partial charge < -0.3 is 4.84 Å². The van der Waals surface area contributed by atoms with Crippen LogP contribution in [0.1, 0.15) is 30.5 Å². The Balaban J connectivity index is 1.59. The van der Waals surface area contributed by atoms with Crippen LogP contribution in [0.5, 0.6) is 0 Å². The average molecular weight is 367 g/mol. The summed E-state index contributed by atoms with van der Waals surface area (Å²) >= 11 is 0. The molecule has 0 atom stereocenters. The Hall–Kier alpha value is -3.06. The summed E-state index contributed by atoms with van der Waals surface area (Å²) in [4.78, 5) is 46.5. The fourth-order valence-electron chi connectivity index (χ4n) is 2.83. The molecular formula is C20H21N3O4. The molecule has 1 aliphatic rings. The minimum atomic E-state index is -0.599. The molecule has 7 nitrogen and oxygen atoms in total. The van der Waals surface area contributed by atoms with E-state index in [1.54, 1.807) is 6.20 Å². The molecule has 0 bridgehead atoms. The number of rotatable bonds is 8. The van der Waals surface area contributed by atoms with Gasteiger partial charge in [0.1, 0.15) is 0 Å². The van der Waals surface area contributed by atoms with E-state index in [4.69, 9.17) is 4.84 Å². The van der Waals surface area contributed by atoms with Crippen LogP contribution in [0.3, 0.4) is 0 Å². The van der Waals surface area contributed by atoms with Gasteiger partial charge in [-0.2, -0.15) is 0 Å². The van der Waals surface area contributed by atoms with Crippen LogP contribution in [0.25, 0.3) is 0 Å². The number of benzene rings is 1. The quantitative estimate of drug-likeness (QED) is 0.665. The molecule has 0 saturated carbocycles. The van der Waals surface area contributed by atoms with Gasteiger partial charge in [-0.3, -0.25) is 19.5 Å². The smallest absolute Gasteiger partial charge is 0.330 e. The summed E-state index contributed by atoms with van der Waals surface area (Å²) < 4.78 is 0. The van der Waals surface area contributed by atoms with E-state index in [0.717, 1.165) is 11.3 Å². The standard InChI is InChI=1S/C20H21N3O4/c24-18-9-10-19(25)23(18)27-20(26)11-13-22(14-16-6-2-1-3-7-16)15-17-8-4-5-12-21-17/h1-8,12H,9-11,13-15H2. The molecule has 3 rings (SSSR count). The highest BCUT2D eigenvalue weighted by Crippen LogP contribution is 2.14. The molecular weight excluding hydrogens is 346 g/mol. The fourth-order valence-corrected chi connectivity index (χ4v) is 2.83. The van der Waals surface area contributed by atoms with Gasteiger partial charge >= 0.3 is 5.97 Å². The first-order chi connectivity index (χ1) is 13.1. The topological polar surface area (TPSA) is 79.8 Å². The largest absolute Gasteiger partial charge is 0.334 e. The highest BCUT2D eigenvalue weighted by molar-refractivity contribution is 6.01. The monoisotopic (exact) mass is 367 g/mol. The van der Waals surface area contributed by atoms with E-state index < -0.39 is 17.8 Å². The van der Waals surface area contributed by atoms with Crippen LogP contribution in [0.15, 0.2) is 54.7 Å². The van der Waals surface area contributed by atoms with Crippen LogP contribution in [0.4, 0.5) is 0 Å². The Bertz CT molecular complexity index is 738. The van der Waals surface area contributed by atoms with E-state index in [9.17, 15) is 14.4 Å². The van der Waals surface area contributed by atoms with E-state index >= 15 is 0 Å². The van der Waals surface area contributed by atoms with E-state index in [1.807, 2.05) is 48.5 Å². The molecule has 1 aliphatic heterocycles. The Kier molecular flexibility index (Phi) is 6.27. The molecule has 1 aromatic heterocycles. The van der Waals surface area contributed by atoms with E-state index in [1.165, 1.54) is 0 Å². The summed E-state index contributed by atoms with van der Waals surface area (Å²) in [7, 11) is 0. The van der Waals surface area contributed by atoms with Gasteiger partial charge in [0.05, 0.1) is 12.1 Å². The maximum atomic E-state index is 12.1. The molecule has 2 aromatic rings. The number of hydrogen-bond acceptors (Lipinski definition) is 6. The normalized spacial score (nSPS) is 14.0. The Labute approximate surface area is 157 Å². The lowest BCUT2D eigenvalue weighted by molar-refractivity contribution is -0.197. The van der Waals surface area contributed by atoms with Crippen molar-refractivity contribution in [3.8, 4) is 0 Å². The second-order valence-electron chi connectivity index (χ2n) is 6.31. The van der Waals surface area contributed by atoms with Crippen LogP contribution in [-0.2, 0) is 32.3 Å². The van der Waals surface area contributed by atoms with E-state index in [0.29, 0.717) is 24.7 Å². The number of nitrogens with zero attached hydrogens (tertiary/aromatic N) is 3. The third-order valence-electron chi connectivity index (χ3n) is 4.19.